The SMILES string of the molecule is CC1(O)CCCN(C(=O)CC2CCCNC2)C1. The van der Waals surface area contributed by atoms with Gasteiger partial charge in [-0.05, 0) is 51.6 Å². The molecule has 0 saturated carbocycles. The van der Waals surface area contributed by atoms with Crippen LogP contribution >= 0.6 is 0 Å². The van der Waals surface area contributed by atoms with Crippen LogP contribution in [0, 0.1) is 5.92 Å². The molecule has 0 spiro atoms. The smallest absolute Gasteiger partial charge is 0.222 e. The van der Waals surface area contributed by atoms with Crippen LogP contribution in [0.5, 0.6) is 0 Å². The highest BCUT2D eigenvalue weighted by Crippen LogP contribution is 2.22. The van der Waals surface area contributed by atoms with Gasteiger partial charge < -0.3 is 15.3 Å². The number of nitrogens with one attached hydrogen (secondary N) is 1. The van der Waals surface area contributed by atoms with Gasteiger partial charge in [-0.2, -0.15) is 0 Å². The standard InChI is InChI=1S/C13H24N2O2/c1-13(17)5-3-7-15(10-13)12(16)8-11-4-2-6-14-9-11/h11,14,17H,2-10H2,1H3. The van der Waals surface area contributed by atoms with E-state index in [1.54, 1.807) is 0 Å². The van der Waals surface area contributed by atoms with Crippen LogP contribution in [-0.4, -0.2) is 47.7 Å². The van der Waals surface area contributed by atoms with Crippen LogP contribution in [0.1, 0.15) is 39.0 Å². The molecule has 0 bridgehead atoms. The highest BCUT2D eigenvalue weighted by atomic mass is 16.3. The number of rotatable bonds is 2. The van der Waals surface area contributed by atoms with Crippen molar-refractivity contribution >= 4 is 5.91 Å². The summed E-state index contributed by atoms with van der Waals surface area (Å²) in [5, 5.41) is 13.3. The van der Waals surface area contributed by atoms with Crippen LogP contribution in [0.25, 0.3) is 0 Å². The van der Waals surface area contributed by atoms with E-state index in [4.69, 9.17) is 0 Å². The molecular formula is C13H24N2O2. The Hall–Kier alpha value is -0.610. The topological polar surface area (TPSA) is 52.6 Å². The van der Waals surface area contributed by atoms with Gasteiger partial charge in [0.1, 0.15) is 0 Å². The average molecular weight is 240 g/mol. The first-order valence-electron chi connectivity index (χ1n) is 6.78. The fraction of sp³-hybridized carbons (Fsp3) is 0.923. The van der Waals surface area contributed by atoms with Crippen molar-refractivity contribution in [2.45, 2.75) is 44.6 Å². The molecule has 0 aliphatic carbocycles. The highest BCUT2D eigenvalue weighted by molar-refractivity contribution is 5.76. The van der Waals surface area contributed by atoms with Gasteiger partial charge in [0.2, 0.25) is 5.91 Å². The molecule has 1 amide bonds. The molecule has 17 heavy (non-hydrogen) atoms. The first kappa shape index (κ1) is 12.8. The lowest BCUT2D eigenvalue weighted by atomic mass is 9.92. The van der Waals surface area contributed by atoms with Crippen molar-refractivity contribution in [3.05, 3.63) is 0 Å². The quantitative estimate of drug-likeness (QED) is 0.749. The van der Waals surface area contributed by atoms with Gasteiger partial charge in [0.15, 0.2) is 0 Å². The average Bonchev–Trinajstić information content (AvgIpc) is 2.29. The summed E-state index contributed by atoms with van der Waals surface area (Å²) in [6, 6.07) is 0. The Morgan fingerprint density at radius 3 is 3.00 bits per heavy atom. The highest BCUT2D eigenvalue weighted by Gasteiger charge is 2.31. The summed E-state index contributed by atoms with van der Waals surface area (Å²) in [7, 11) is 0. The summed E-state index contributed by atoms with van der Waals surface area (Å²) in [6.07, 6.45) is 4.70. The van der Waals surface area contributed by atoms with Gasteiger partial charge in [-0.25, -0.2) is 0 Å². The second kappa shape index (κ2) is 5.36. The van der Waals surface area contributed by atoms with Crippen LogP contribution < -0.4 is 5.32 Å². The normalized spacial score (nSPS) is 34.7. The zero-order valence-corrected chi connectivity index (χ0v) is 10.7. The summed E-state index contributed by atoms with van der Waals surface area (Å²) >= 11 is 0. The Morgan fingerprint density at radius 2 is 2.35 bits per heavy atom. The van der Waals surface area contributed by atoms with Gasteiger partial charge in [-0.15, -0.1) is 0 Å². The molecule has 2 atom stereocenters. The molecule has 4 heteroatoms. The number of hydrogen-bond donors (Lipinski definition) is 2. The Kier molecular flexibility index (Phi) is 4.05. The van der Waals surface area contributed by atoms with E-state index >= 15 is 0 Å². The molecule has 2 heterocycles. The van der Waals surface area contributed by atoms with E-state index in [9.17, 15) is 9.90 Å². The van der Waals surface area contributed by atoms with E-state index in [1.165, 1.54) is 6.42 Å². The molecule has 0 aromatic rings. The molecule has 2 unspecified atom stereocenters. The molecule has 98 valence electrons. The maximum absolute atomic E-state index is 12.1. The summed E-state index contributed by atoms with van der Waals surface area (Å²) in [5.74, 6) is 0.710. The second-order valence-corrected chi connectivity index (χ2v) is 5.83. The number of nitrogens with zero attached hydrogens (tertiary/aromatic N) is 1. The number of carbonyl (C=O) groups excluding carboxylic acids is 1. The zero-order valence-electron chi connectivity index (χ0n) is 10.7. The van der Waals surface area contributed by atoms with Crippen molar-refractivity contribution in [1.29, 1.82) is 0 Å². The number of amides is 1. The van der Waals surface area contributed by atoms with Crippen LogP contribution in [-0.2, 0) is 4.79 Å². The van der Waals surface area contributed by atoms with E-state index in [1.807, 2.05) is 11.8 Å². The van der Waals surface area contributed by atoms with Crippen LogP contribution in [0.2, 0.25) is 0 Å². The van der Waals surface area contributed by atoms with Crippen LogP contribution in [0.4, 0.5) is 0 Å². The van der Waals surface area contributed by atoms with E-state index in [2.05, 4.69) is 5.32 Å². The molecule has 2 N–H and O–H groups in total. The molecule has 0 aromatic heterocycles. The monoisotopic (exact) mass is 240 g/mol. The van der Waals surface area contributed by atoms with Crippen molar-refractivity contribution in [3.8, 4) is 0 Å². The lowest BCUT2D eigenvalue weighted by Gasteiger charge is -2.37. The molecule has 4 nitrogen and oxygen atoms in total. The van der Waals surface area contributed by atoms with Gasteiger partial charge in [0, 0.05) is 19.5 Å². The first-order chi connectivity index (χ1) is 8.07. The summed E-state index contributed by atoms with van der Waals surface area (Å²) in [6.45, 7) is 5.20. The third-order valence-corrected chi connectivity index (χ3v) is 3.89. The number of likely N-dealkylation sites (tertiary alicyclic amines) is 1. The molecule has 0 aromatic carbocycles. The predicted molar refractivity (Wildman–Crippen MR) is 66.6 cm³/mol. The molecule has 2 aliphatic rings. The van der Waals surface area contributed by atoms with Crippen molar-refractivity contribution < 1.29 is 9.90 Å². The number of carbonyl (C=O) groups is 1. The number of aliphatic hydroxyl groups is 1. The van der Waals surface area contributed by atoms with Gasteiger partial charge in [-0.1, -0.05) is 0 Å². The Bertz CT molecular complexity index is 273. The number of hydrogen-bond acceptors (Lipinski definition) is 3. The first-order valence-corrected chi connectivity index (χ1v) is 6.78. The van der Waals surface area contributed by atoms with Crippen LogP contribution in [0.15, 0.2) is 0 Å². The third kappa shape index (κ3) is 3.68. The van der Waals surface area contributed by atoms with Gasteiger partial charge in [-0.3, -0.25) is 4.79 Å². The molecule has 2 fully saturated rings. The molecule has 2 aliphatic heterocycles. The minimum Gasteiger partial charge on any atom is -0.388 e. The van der Waals surface area contributed by atoms with Crippen LogP contribution in [0.3, 0.4) is 0 Å². The summed E-state index contributed by atoms with van der Waals surface area (Å²) in [4.78, 5) is 14.0. The Morgan fingerprint density at radius 1 is 1.53 bits per heavy atom. The van der Waals surface area contributed by atoms with E-state index in [0.717, 1.165) is 38.9 Å². The minimum atomic E-state index is -0.682. The molecule has 2 saturated heterocycles. The van der Waals surface area contributed by atoms with Crippen molar-refractivity contribution in [1.82, 2.24) is 10.2 Å². The maximum Gasteiger partial charge on any atom is 0.222 e. The number of piperidine rings is 2. The fourth-order valence-electron chi connectivity index (χ4n) is 2.91. The number of β-amino-alcohol motifs (C(OH)–C–C–N with tert-alkyl or cyclic N) is 1. The maximum atomic E-state index is 12.1. The third-order valence-electron chi connectivity index (χ3n) is 3.89. The molecular weight excluding hydrogens is 216 g/mol. The van der Waals surface area contributed by atoms with Crippen molar-refractivity contribution in [2.75, 3.05) is 26.2 Å². The second-order valence-electron chi connectivity index (χ2n) is 5.83. The molecule has 2 rings (SSSR count). The van der Waals surface area contributed by atoms with Crippen molar-refractivity contribution in [2.24, 2.45) is 5.92 Å². The zero-order chi connectivity index (χ0) is 12.3. The van der Waals surface area contributed by atoms with Crippen molar-refractivity contribution in [3.63, 3.8) is 0 Å². The Labute approximate surface area is 103 Å². The van der Waals surface area contributed by atoms with E-state index in [0.29, 0.717) is 18.9 Å². The fourth-order valence-corrected chi connectivity index (χ4v) is 2.91. The minimum absolute atomic E-state index is 0.221. The van der Waals surface area contributed by atoms with Gasteiger partial charge in [0.05, 0.1) is 5.60 Å². The molecule has 0 radical (unpaired) electrons. The van der Waals surface area contributed by atoms with E-state index < -0.39 is 5.60 Å². The summed E-state index contributed by atoms with van der Waals surface area (Å²) < 4.78 is 0. The largest absolute Gasteiger partial charge is 0.388 e. The lowest BCUT2D eigenvalue weighted by molar-refractivity contribution is -0.138. The van der Waals surface area contributed by atoms with Gasteiger partial charge in [0.25, 0.3) is 0 Å². The lowest BCUT2D eigenvalue weighted by Crippen LogP contribution is -2.49. The van der Waals surface area contributed by atoms with E-state index in [-0.39, 0.29) is 5.91 Å². The summed E-state index contributed by atoms with van der Waals surface area (Å²) in [5.41, 5.74) is -0.682. The predicted octanol–water partition coefficient (Wildman–Crippen LogP) is 0.749. The Balaban J connectivity index is 1.82. The van der Waals surface area contributed by atoms with Gasteiger partial charge >= 0.3 is 0 Å².